The van der Waals surface area contributed by atoms with Gasteiger partial charge in [-0.1, -0.05) is 0 Å². The summed E-state index contributed by atoms with van der Waals surface area (Å²) >= 11 is 1.79. The van der Waals surface area contributed by atoms with Crippen LogP contribution in [-0.4, -0.2) is 18.6 Å². The summed E-state index contributed by atoms with van der Waals surface area (Å²) < 4.78 is 18.6. The lowest BCUT2D eigenvalue weighted by Gasteiger charge is -2.13. The predicted molar refractivity (Wildman–Crippen MR) is 67.5 cm³/mol. The normalized spacial score (nSPS) is 12.5. The molecule has 0 fully saturated rings. The third kappa shape index (κ3) is 4.02. The second kappa shape index (κ2) is 6.76. The van der Waals surface area contributed by atoms with E-state index in [0.717, 1.165) is 17.7 Å². The molecule has 0 unspecified atom stereocenters. The Morgan fingerprint density at radius 3 is 2.88 bits per heavy atom. The van der Waals surface area contributed by atoms with Gasteiger partial charge in [-0.25, -0.2) is 4.39 Å². The molecule has 0 amide bonds. The Bertz CT molecular complexity index is 331. The molecule has 2 N–H and O–H groups in total. The molecule has 0 bridgehead atoms. The van der Waals surface area contributed by atoms with E-state index in [1.165, 1.54) is 12.1 Å². The fourth-order valence-electron chi connectivity index (χ4n) is 1.39. The summed E-state index contributed by atoms with van der Waals surface area (Å²) in [6.07, 6.45) is 3.04. The van der Waals surface area contributed by atoms with E-state index in [1.54, 1.807) is 17.8 Å². The van der Waals surface area contributed by atoms with Gasteiger partial charge in [0.05, 0.1) is 6.61 Å². The van der Waals surface area contributed by atoms with Crippen molar-refractivity contribution in [3.8, 4) is 5.75 Å². The summed E-state index contributed by atoms with van der Waals surface area (Å²) in [5.74, 6) is 1.48. The number of thioether (sulfide) groups is 1. The van der Waals surface area contributed by atoms with Gasteiger partial charge in [0.1, 0.15) is 11.6 Å². The Kier molecular flexibility index (Phi) is 5.63. The van der Waals surface area contributed by atoms with Crippen LogP contribution in [0.5, 0.6) is 5.75 Å². The van der Waals surface area contributed by atoms with Gasteiger partial charge in [0.15, 0.2) is 0 Å². The summed E-state index contributed by atoms with van der Waals surface area (Å²) in [5.41, 5.74) is 6.49. The molecule has 1 aromatic carbocycles. The average molecular weight is 243 g/mol. The molecule has 0 radical (unpaired) electrons. The molecule has 1 aromatic rings. The molecule has 0 saturated carbocycles. The smallest absolute Gasteiger partial charge is 0.124 e. The third-order valence-electron chi connectivity index (χ3n) is 2.21. The zero-order chi connectivity index (χ0) is 12.0. The maximum Gasteiger partial charge on any atom is 0.124 e. The lowest BCUT2D eigenvalue weighted by atomic mass is 10.1. The highest BCUT2D eigenvalue weighted by Crippen LogP contribution is 2.24. The fourth-order valence-corrected chi connectivity index (χ4v) is 1.80. The highest BCUT2D eigenvalue weighted by Gasteiger charge is 2.09. The van der Waals surface area contributed by atoms with Crippen molar-refractivity contribution < 1.29 is 9.13 Å². The molecule has 0 spiro atoms. The molecule has 0 saturated heterocycles. The van der Waals surface area contributed by atoms with Gasteiger partial charge in [0, 0.05) is 11.6 Å². The minimum Gasteiger partial charge on any atom is -0.493 e. The first-order valence-corrected chi connectivity index (χ1v) is 6.71. The number of rotatable bonds is 6. The van der Waals surface area contributed by atoms with E-state index in [2.05, 4.69) is 6.26 Å². The minimum absolute atomic E-state index is 0.216. The van der Waals surface area contributed by atoms with Crippen molar-refractivity contribution in [3.63, 3.8) is 0 Å². The number of ether oxygens (including phenoxy) is 1. The molecule has 1 rings (SSSR count). The molecule has 0 aliphatic rings. The van der Waals surface area contributed by atoms with Gasteiger partial charge < -0.3 is 10.5 Å². The Morgan fingerprint density at radius 1 is 1.50 bits per heavy atom. The summed E-state index contributed by atoms with van der Waals surface area (Å²) in [4.78, 5) is 0. The van der Waals surface area contributed by atoms with Gasteiger partial charge in [-0.15, -0.1) is 0 Å². The molecular formula is C12H18FNOS. The molecule has 1 atom stereocenters. The first kappa shape index (κ1) is 13.3. The molecule has 0 aliphatic carbocycles. The highest BCUT2D eigenvalue weighted by molar-refractivity contribution is 7.98. The fraction of sp³-hybridized carbons (Fsp3) is 0.500. The Morgan fingerprint density at radius 2 is 2.25 bits per heavy atom. The van der Waals surface area contributed by atoms with Crippen LogP contribution in [0.25, 0.3) is 0 Å². The van der Waals surface area contributed by atoms with Crippen LogP contribution in [0.3, 0.4) is 0 Å². The zero-order valence-corrected chi connectivity index (χ0v) is 10.5. The molecule has 4 heteroatoms. The number of nitrogens with two attached hydrogens (primary N) is 1. The van der Waals surface area contributed by atoms with Crippen LogP contribution in [0, 0.1) is 5.82 Å². The standard InChI is InChI=1S/C12H18FNOS/c1-9(14)11-8-10(13)4-5-12(11)15-6-3-7-16-2/h4-5,8-9H,3,6-7,14H2,1-2H3/t9-/m1/s1. The minimum atomic E-state index is -0.274. The van der Waals surface area contributed by atoms with Crippen LogP contribution in [0.2, 0.25) is 0 Å². The molecule has 2 nitrogen and oxygen atoms in total. The van der Waals surface area contributed by atoms with Crippen molar-refractivity contribution in [2.75, 3.05) is 18.6 Å². The summed E-state index contributed by atoms with van der Waals surface area (Å²) in [6.45, 7) is 2.47. The molecule has 90 valence electrons. The first-order valence-electron chi connectivity index (χ1n) is 5.32. The van der Waals surface area contributed by atoms with Gasteiger partial charge in [0.25, 0.3) is 0 Å². The molecule has 0 aliphatic heterocycles. The number of halogens is 1. The third-order valence-corrected chi connectivity index (χ3v) is 2.91. The molecule has 0 aromatic heterocycles. The average Bonchev–Trinajstić information content (AvgIpc) is 2.26. The van der Waals surface area contributed by atoms with Gasteiger partial charge in [0.2, 0.25) is 0 Å². The van der Waals surface area contributed by atoms with Gasteiger partial charge >= 0.3 is 0 Å². The lowest BCUT2D eigenvalue weighted by Crippen LogP contribution is -2.09. The van der Waals surface area contributed by atoms with Crippen molar-refractivity contribution in [1.82, 2.24) is 0 Å². The van der Waals surface area contributed by atoms with Gasteiger partial charge in [-0.05, 0) is 43.6 Å². The van der Waals surface area contributed by atoms with Crippen LogP contribution in [0.15, 0.2) is 18.2 Å². The van der Waals surface area contributed by atoms with E-state index in [-0.39, 0.29) is 11.9 Å². The lowest BCUT2D eigenvalue weighted by molar-refractivity contribution is 0.313. The molecule has 0 heterocycles. The van der Waals surface area contributed by atoms with E-state index >= 15 is 0 Å². The van der Waals surface area contributed by atoms with Crippen molar-refractivity contribution in [2.24, 2.45) is 5.73 Å². The van der Waals surface area contributed by atoms with E-state index in [4.69, 9.17) is 10.5 Å². The SMILES string of the molecule is CSCCCOc1ccc(F)cc1[C@@H](C)N. The number of benzene rings is 1. The van der Waals surface area contributed by atoms with Crippen LogP contribution >= 0.6 is 11.8 Å². The monoisotopic (exact) mass is 243 g/mol. The van der Waals surface area contributed by atoms with Crippen LogP contribution in [-0.2, 0) is 0 Å². The van der Waals surface area contributed by atoms with Crippen molar-refractivity contribution >= 4 is 11.8 Å². The van der Waals surface area contributed by atoms with E-state index in [0.29, 0.717) is 12.4 Å². The summed E-state index contributed by atoms with van der Waals surface area (Å²) in [6, 6.07) is 4.27. The summed E-state index contributed by atoms with van der Waals surface area (Å²) in [5, 5.41) is 0. The Labute approximate surface area is 100 Å². The quantitative estimate of drug-likeness (QED) is 0.780. The summed E-state index contributed by atoms with van der Waals surface area (Å²) in [7, 11) is 0. The number of hydrogen-bond acceptors (Lipinski definition) is 3. The Balaban J connectivity index is 2.64. The van der Waals surface area contributed by atoms with Crippen molar-refractivity contribution in [3.05, 3.63) is 29.6 Å². The maximum absolute atomic E-state index is 13.0. The van der Waals surface area contributed by atoms with Crippen LogP contribution in [0.4, 0.5) is 4.39 Å². The van der Waals surface area contributed by atoms with Gasteiger partial charge in [-0.2, -0.15) is 11.8 Å². The maximum atomic E-state index is 13.0. The first-order chi connectivity index (χ1) is 7.65. The zero-order valence-electron chi connectivity index (χ0n) is 9.70. The second-order valence-corrected chi connectivity index (χ2v) is 4.65. The number of hydrogen-bond donors (Lipinski definition) is 1. The molecule has 16 heavy (non-hydrogen) atoms. The largest absolute Gasteiger partial charge is 0.493 e. The van der Waals surface area contributed by atoms with Gasteiger partial charge in [-0.3, -0.25) is 0 Å². The Hall–Kier alpha value is -0.740. The second-order valence-electron chi connectivity index (χ2n) is 3.67. The van der Waals surface area contributed by atoms with Crippen molar-refractivity contribution in [2.45, 2.75) is 19.4 Å². The highest BCUT2D eigenvalue weighted by atomic mass is 32.2. The van der Waals surface area contributed by atoms with E-state index < -0.39 is 0 Å². The van der Waals surface area contributed by atoms with E-state index in [9.17, 15) is 4.39 Å². The van der Waals surface area contributed by atoms with Crippen LogP contribution < -0.4 is 10.5 Å². The topological polar surface area (TPSA) is 35.2 Å². The van der Waals surface area contributed by atoms with E-state index in [1.807, 2.05) is 6.92 Å². The molecular weight excluding hydrogens is 225 g/mol. The predicted octanol–water partition coefficient (Wildman–Crippen LogP) is 2.98. The van der Waals surface area contributed by atoms with Crippen LogP contribution in [0.1, 0.15) is 24.9 Å². The van der Waals surface area contributed by atoms with Crippen molar-refractivity contribution in [1.29, 1.82) is 0 Å².